The predicted octanol–water partition coefficient (Wildman–Crippen LogP) is 2.32. The van der Waals surface area contributed by atoms with Gasteiger partial charge in [0.15, 0.2) is 0 Å². The fraction of sp³-hybridized carbons (Fsp3) is 0.500. The summed E-state index contributed by atoms with van der Waals surface area (Å²) in [7, 11) is 0. The number of aromatic carboxylic acids is 1. The van der Waals surface area contributed by atoms with Crippen LogP contribution < -0.4 is 10.5 Å². The lowest BCUT2D eigenvalue weighted by atomic mass is 10.2. The number of ether oxygens (including phenoxy) is 1. The SMILES string of the molecule is CCCCCCOc1nccc(C(=O)O)c1N. The Hall–Kier alpha value is -1.78. The van der Waals surface area contributed by atoms with Crippen molar-refractivity contribution < 1.29 is 14.6 Å². The first-order chi connectivity index (χ1) is 8.16. The molecule has 0 saturated heterocycles. The van der Waals surface area contributed by atoms with Crippen LogP contribution in [0.15, 0.2) is 12.3 Å². The van der Waals surface area contributed by atoms with Gasteiger partial charge in [-0.05, 0) is 12.5 Å². The van der Waals surface area contributed by atoms with Gasteiger partial charge in [0.25, 0.3) is 0 Å². The molecule has 3 N–H and O–H groups in total. The van der Waals surface area contributed by atoms with E-state index in [-0.39, 0.29) is 17.1 Å². The largest absolute Gasteiger partial charge is 0.478 e. The minimum atomic E-state index is -1.07. The number of hydrogen-bond acceptors (Lipinski definition) is 4. The van der Waals surface area contributed by atoms with E-state index < -0.39 is 5.97 Å². The van der Waals surface area contributed by atoms with Crippen molar-refractivity contribution in [2.75, 3.05) is 12.3 Å². The molecule has 0 aromatic carbocycles. The molecule has 1 aromatic heterocycles. The maximum Gasteiger partial charge on any atom is 0.338 e. The minimum Gasteiger partial charge on any atom is -0.478 e. The number of nitrogens with two attached hydrogens (primary N) is 1. The Morgan fingerprint density at radius 2 is 2.24 bits per heavy atom. The van der Waals surface area contributed by atoms with Crippen molar-refractivity contribution in [3.8, 4) is 5.88 Å². The normalized spacial score (nSPS) is 10.2. The molecule has 1 aromatic rings. The van der Waals surface area contributed by atoms with Crippen LogP contribution in [0.3, 0.4) is 0 Å². The first kappa shape index (κ1) is 13.3. The maximum atomic E-state index is 10.8. The number of carboxylic acids is 1. The third kappa shape index (κ3) is 3.94. The van der Waals surface area contributed by atoms with Crippen LogP contribution in [0.2, 0.25) is 0 Å². The molecule has 0 aliphatic carbocycles. The molecule has 5 nitrogen and oxygen atoms in total. The van der Waals surface area contributed by atoms with Crippen molar-refractivity contribution in [3.05, 3.63) is 17.8 Å². The van der Waals surface area contributed by atoms with Gasteiger partial charge in [0.05, 0.1) is 12.2 Å². The van der Waals surface area contributed by atoms with E-state index in [1.54, 1.807) is 0 Å². The number of pyridine rings is 1. The standard InChI is InChI=1S/C12H18N2O3/c1-2-3-4-5-8-17-11-10(13)9(12(15)16)6-7-14-11/h6-7H,2-5,8,13H2,1H3,(H,15,16). The van der Waals surface area contributed by atoms with Crippen LogP contribution in [-0.4, -0.2) is 22.7 Å². The number of nitrogen functional groups attached to an aromatic ring is 1. The summed E-state index contributed by atoms with van der Waals surface area (Å²) in [4.78, 5) is 14.8. The molecule has 1 rings (SSSR count). The smallest absolute Gasteiger partial charge is 0.338 e. The molecule has 0 saturated carbocycles. The highest BCUT2D eigenvalue weighted by atomic mass is 16.5. The zero-order valence-corrected chi connectivity index (χ0v) is 9.98. The predicted molar refractivity (Wildman–Crippen MR) is 65.2 cm³/mol. The molecule has 0 amide bonds. The van der Waals surface area contributed by atoms with Gasteiger partial charge in [0, 0.05) is 6.20 Å². The minimum absolute atomic E-state index is 0.0311. The second-order valence-corrected chi connectivity index (χ2v) is 3.79. The molecule has 0 aliphatic rings. The number of carboxylic acid groups (broad SMARTS) is 1. The average Bonchev–Trinajstić information content (AvgIpc) is 2.30. The molecule has 0 aliphatic heterocycles. The third-order valence-electron chi connectivity index (χ3n) is 2.42. The zero-order chi connectivity index (χ0) is 12.7. The summed E-state index contributed by atoms with van der Waals surface area (Å²) in [5.74, 6) is -0.859. The van der Waals surface area contributed by atoms with Crippen molar-refractivity contribution in [2.24, 2.45) is 0 Å². The molecule has 0 bridgehead atoms. The number of nitrogens with zero attached hydrogens (tertiary/aromatic N) is 1. The summed E-state index contributed by atoms with van der Waals surface area (Å²) in [5, 5.41) is 8.87. The van der Waals surface area contributed by atoms with Crippen molar-refractivity contribution in [1.82, 2.24) is 4.98 Å². The number of anilines is 1. The summed E-state index contributed by atoms with van der Waals surface area (Å²) in [6.45, 7) is 2.65. The lowest BCUT2D eigenvalue weighted by molar-refractivity contribution is 0.0697. The molecular weight excluding hydrogens is 220 g/mol. The third-order valence-corrected chi connectivity index (χ3v) is 2.42. The summed E-state index contributed by atoms with van der Waals surface area (Å²) < 4.78 is 5.37. The number of rotatable bonds is 7. The number of aromatic nitrogens is 1. The fourth-order valence-corrected chi connectivity index (χ4v) is 1.45. The van der Waals surface area contributed by atoms with E-state index in [0.29, 0.717) is 6.61 Å². The quantitative estimate of drug-likeness (QED) is 0.712. The molecule has 0 unspecified atom stereocenters. The van der Waals surface area contributed by atoms with Gasteiger partial charge in [-0.15, -0.1) is 0 Å². The second kappa shape index (κ2) is 6.73. The average molecular weight is 238 g/mol. The highest BCUT2D eigenvalue weighted by Crippen LogP contribution is 2.22. The Labute approximate surface area is 101 Å². The molecular formula is C12H18N2O3. The van der Waals surface area contributed by atoms with E-state index in [1.165, 1.54) is 18.7 Å². The lowest BCUT2D eigenvalue weighted by Gasteiger charge is -2.08. The van der Waals surface area contributed by atoms with E-state index in [2.05, 4.69) is 11.9 Å². The lowest BCUT2D eigenvalue weighted by Crippen LogP contribution is -2.07. The summed E-state index contributed by atoms with van der Waals surface area (Å²) in [6, 6.07) is 1.36. The van der Waals surface area contributed by atoms with Gasteiger partial charge in [-0.1, -0.05) is 26.2 Å². The van der Waals surface area contributed by atoms with Gasteiger partial charge < -0.3 is 15.6 Å². The van der Waals surface area contributed by atoms with Gasteiger partial charge in [0.1, 0.15) is 5.69 Å². The summed E-state index contributed by atoms with van der Waals surface area (Å²) in [6.07, 6.45) is 5.73. The Balaban J connectivity index is 2.54. The fourth-order valence-electron chi connectivity index (χ4n) is 1.45. The van der Waals surface area contributed by atoms with Crippen LogP contribution in [0.1, 0.15) is 43.0 Å². The maximum absolute atomic E-state index is 10.8. The molecule has 5 heteroatoms. The van der Waals surface area contributed by atoms with E-state index in [9.17, 15) is 4.79 Å². The van der Waals surface area contributed by atoms with E-state index in [1.807, 2.05) is 0 Å². The van der Waals surface area contributed by atoms with Gasteiger partial charge in [-0.2, -0.15) is 0 Å². The second-order valence-electron chi connectivity index (χ2n) is 3.79. The molecule has 0 fully saturated rings. The van der Waals surface area contributed by atoms with Crippen molar-refractivity contribution in [1.29, 1.82) is 0 Å². The van der Waals surface area contributed by atoms with Crippen LogP contribution >= 0.6 is 0 Å². The van der Waals surface area contributed by atoms with Crippen molar-refractivity contribution in [2.45, 2.75) is 32.6 Å². The Kier molecular flexibility index (Phi) is 5.26. The number of unbranched alkanes of at least 4 members (excludes halogenated alkanes) is 3. The molecule has 1 heterocycles. The molecule has 17 heavy (non-hydrogen) atoms. The van der Waals surface area contributed by atoms with Crippen molar-refractivity contribution in [3.63, 3.8) is 0 Å². The molecule has 0 radical (unpaired) electrons. The topological polar surface area (TPSA) is 85.4 Å². The number of carbonyl (C=O) groups is 1. The Morgan fingerprint density at radius 3 is 2.88 bits per heavy atom. The van der Waals surface area contributed by atoms with Crippen LogP contribution in [-0.2, 0) is 0 Å². The van der Waals surface area contributed by atoms with Crippen LogP contribution in [0, 0.1) is 0 Å². The monoisotopic (exact) mass is 238 g/mol. The molecule has 0 atom stereocenters. The van der Waals surface area contributed by atoms with Crippen LogP contribution in [0.25, 0.3) is 0 Å². The van der Waals surface area contributed by atoms with Crippen LogP contribution in [0.5, 0.6) is 5.88 Å². The van der Waals surface area contributed by atoms with Gasteiger partial charge in [0.2, 0.25) is 5.88 Å². The van der Waals surface area contributed by atoms with E-state index in [4.69, 9.17) is 15.6 Å². The van der Waals surface area contributed by atoms with E-state index >= 15 is 0 Å². The van der Waals surface area contributed by atoms with Crippen molar-refractivity contribution >= 4 is 11.7 Å². The highest BCUT2D eigenvalue weighted by molar-refractivity contribution is 5.94. The first-order valence-corrected chi connectivity index (χ1v) is 5.77. The summed E-state index contributed by atoms with van der Waals surface area (Å²) in [5.41, 5.74) is 5.78. The van der Waals surface area contributed by atoms with Gasteiger partial charge in [-0.3, -0.25) is 0 Å². The van der Waals surface area contributed by atoms with E-state index in [0.717, 1.165) is 19.3 Å². The van der Waals surface area contributed by atoms with Gasteiger partial charge in [-0.25, -0.2) is 9.78 Å². The molecule has 0 spiro atoms. The van der Waals surface area contributed by atoms with Crippen LogP contribution in [0.4, 0.5) is 5.69 Å². The zero-order valence-electron chi connectivity index (χ0n) is 9.98. The summed E-state index contributed by atoms with van der Waals surface area (Å²) >= 11 is 0. The highest BCUT2D eigenvalue weighted by Gasteiger charge is 2.12. The first-order valence-electron chi connectivity index (χ1n) is 5.77. The Bertz CT molecular complexity index is 380. The molecule has 94 valence electrons. The number of hydrogen-bond donors (Lipinski definition) is 2. The van der Waals surface area contributed by atoms with Gasteiger partial charge >= 0.3 is 5.97 Å². The Morgan fingerprint density at radius 1 is 1.47 bits per heavy atom.